The molecule has 5 nitrogen and oxygen atoms in total. The fraction of sp³-hybridized carbons (Fsp3) is 0.500. The van der Waals surface area contributed by atoms with Crippen LogP contribution in [0.4, 0.5) is 0 Å². The first-order chi connectivity index (χ1) is 8.17. The molecule has 0 radical (unpaired) electrons. The minimum atomic E-state index is -0.939. The van der Waals surface area contributed by atoms with Gasteiger partial charge in [0, 0.05) is 6.54 Å². The number of hydrogen-bond acceptors (Lipinski definition) is 4. The Kier molecular flexibility index (Phi) is 5.42. The molecule has 1 heterocycles. The van der Waals surface area contributed by atoms with Gasteiger partial charge in [-0.05, 0) is 25.6 Å². The molecule has 1 rings (SSSR count). The molecule has 1 atom stereocenters. The fourth-order valence-electron chi connectivity index (χ4n) is 1.43. The van der Waals surface area contributed by atoms with Crippen molar-refractivity contribution in [1.29, 1.82) is 0 Å². The van der Waals surface area contributed by atoms with Gasteiger partial charge in [-0.3, -0.25) is 4.98 Å². The maximum Gasteiger partial charge on any atom is 0.344 e. The Morgan fingerprint density at radius 3 is 2.82 bits per heavy atom. The Balaban J connectivity index is 2.63. The van der Waals surface area contributed by atoms with E-state index in [0.29, 0.717) is 18.7 Å². The topological polar surface area (TPSA) is 71.5 Å². The molecule has 0 aliphatic heterocycles. The van der Waals surface area contributed by atoms with Crippen LogP contribution in [0.3, 0.4) is 0 Å². The molecule has 1 aromatic rings. The Labute approximate surface area is 101 Å². The van der Waals surface area contributed by atoms with E-state index >= 15 is 0 Å². The number of ether oxygens (including phenoxy) is 1. The van der Waals surface area contributed by atoms with Crippen LogP contribution in [-0.2, 0) is 11.3 Å². The highest BCUT2D eigenvalue weighted by molar-refractivity contribution is 5.72. The molecule has 0 aliphatic rings. The quantitative estimate of drug-likeness (QED) is 0.752. The molecule has 1 aromatic heterocycles. The number of nitrogens with zero attached hydrogens (tertiary/aromatic N) is 1. The lowest BCUT2D eigenvalue weighted by Gasteiger charge is -2.14. The van der Waals surface area contributed by atoms with E-state index in [1.165, 1.54) is 0 Å². The van der Waals surface area contributed by atoms with Crippen molar-refractivity contribution >= 4 is 5.97 Å². The van der Waals surface area contributed by atoms with Crippen molar-refractivity contribution in [2.24, 2.45) is 0 Å². The second-order valence-electron chi connectivity index (χ2n) is 3.75. The molecule has 0 aliphatic carbocycles. The van der Waals surface area contributed by atoms with Crippen LogP contribution in [0.15, 0.2) is 18.3 Å². The van der Waals surface area contributed by atoms with Crippen LogP contribution in [0.25, 0.3) is 0 Å². The van der Waals surface area contributed by atoms with Crippen molar-refractivity contribution in [3.05, 3.63) is 24.0 Å². The van der Waals surface area contributed by atoms with Gasteiger partial charge in [0.1, 0.15) is 5.75 Å². The second kappa shape index (κ2) is 6.85. The van der Waals surface area contributed by atoms with Crippen LogP contribution in [0.2, 0.25) is 0 Å². The van der Waals surface area contributed by atoms with Gasteiger partial charge in [-0.1, -0.05) is 13.3 Å². The van der Waals surface area contributed by atoms with Crippen molar-refractivity contribution in [3.63, 3.8) is 0 Å². The van der Waals surface area contributed by atoms with Gasteiger partial charge in [-0.15, -0.1) is 0 Å². The van der Waals surface area contributed by atoms with E-state index in [-0.39, 0.29) is 0 Å². The average molecular weight is 238 g/mol. The van der Waals surface area contributed by atoms with E-state index < -0.39 is 12.1 Å². The predicted octanol–water partition coefficient (Wildman–Crippen LogP) is 1.43. The number of carboxylic acids is 1. The van der Waals surface area contributed by atoms with Gasteiger partial charge < -0.3 is 15.2 Å². The lowest BCUT2D eigenvalue weighted by atomic mass is 10.2. The molecular formula is C12H18N2O3. The third-order valence-corrected chi connectivity index (χ3v) is 2.26. The van der Waals surface area contributed by atoms with E-state index in [0.717, 1.165) is 12.1 Å². The highest BCUT2D eigenvalue weighted by Gasteiger charge is 2.18. The Hall–Kier alpha value is -1.62. The molecule has 1 unspecified atom stereocenters. The van der Waals surface area contributed by atoms with Crippen molar-refractivity contribution < 1.29 is 14.6 Å². The molecular weight excluding hydrogens is 220 g/mol. The third kappa shape index (κ3) is 4.40. The summed E-state index contributed by atoms with van der Waals surface area (Å²) in [6.07, 6.45) is 2.02. The van der Waals surface area contributed by atoms with Gasteiger partial charge in [-0.25, -0.2) is 4.79 Å². The lowest BCUT2D eigenvalue weighted by molar-refractivity contribution is -0.145. The summed E-state index contributed by atoms with van der Waals surface area (Å²) in [6, 6.07) is 3.56. The maximum atomic E-state index is 10.9. The first-order valence-electron chi connectivity index (χ1n) is 5.66. The molecule has 0 fully saturated rings. The molecule has 0 spiro atoms. The number of carbonyl (C=O) groups is 1. The van der Waals surface area contributed by atoms with Gasteiger partial charge in [0.2, 0.25) is 0 Å². The molecule has 17 heavy (non-hydrogen) atoms. The number of carboxylic acid groups (broad SMARTS) is 1. The van der Waals surface area contributed by atoms with Crippen molar-refractivity contribution in [1.82, 2.24) is 10.3 Å². The van der Waals surface area contributed by atoms with Crippen LogP contribution < -0.4 is 10.1 Å². The maximum absolute atomic E-state index is 10.9. The fourth-order valence-corrected chi connectivity index (χ4v) is 1.43. The van der Waals surface area contributed by atoms with Crippen LogP contribution in [0.1, 0.15) is 25.5 Å². The summed E-state index contributed by atoms with van der Waals surface area (Å²) in [7, 11) is 1.84. The van der Waals surface area contributed by atoms with Gasteiger partial charge in [0.15, 0.2) is 6.10 Å². The second-order valence-corrected chi connectivity index (χ2v) is 3.75. The van der Waals surface area contributed by atoms with Crippen LogP contribution in [0.5, 0.6) is 5.75 Å². The van der Waals surface area contributed by atoms with Gasteiger partial charge in [0.05, 0.1) is 11.9 Å². The van der Waals surface area contributed by atoms with E-state index in [1.54, 1.807) is 12.3 Å². The predicted molar refractivity (Wildman–Crippen MR) is 64.0 cm³/mol. The van der Waals surface area contributed by atoms with Crippen molar-refractivity contribution in [3.8, 4) is 5.75 Å². The smallest absolute Gasteiger partial charge is 0.344 e. The first-order valence-corrected chi connectivity index (χ1v) is 5.66. The van der Waals surface area contributed by atoms with E-state index in [9.17, 15) is 4.79 Å². The number of aromatic nitrogens is 1. The van der Waals surface area contributed by atoms with E-state index in [4.69, 9.17) is 9.84 Å². The Bertz CT molecular complexity index is 351. The highest BCUT2D eigenvalue weighted by atomic mass is 16.5. The molecule has 5 heteroatoms. The summed E-state index contributed by atoms with van der Waals surface area (Å²) in [4.78, 5) is 15.1. The summed E-state index contributed by atoms with van der Waals surface area (Å²) in [5, 5.41) is 11.9. The zero-order valence-electron chi connectivity index (χ0n) is 10.1. The summed E-state index contributed by atoms with van der Waals surface area (Å²) in [5.74, 6) is -0.447. The summed E-state index contributed by atoms with van der Waals surface area (Å²) in [6.45, 7) is 2.60. The molecule has 0 bridgehead atoms. The average Bonchev–Trinajstić information content (AvgIpc) is 2.31. The lowest BCUT2D eigenvalue weighted by Crippen LogP contribution is -2.26. The summed E-state index contributed by atoms with van der Waals surface area (Å²) < 4.78 is 5.37. The van der Waals surface area contributed by atoms with Gasteiger partial charge in [0.25, 0.3) is 0 Å². The number of rotatable bonds is 7. The number of nitrogens with one attached hydrogen (secondary N) is 1. The molecule has 0 aromatic carbocycles. The minimum Gasteiger partial charge on any atom is -0.479 e. The summed E-state index contributed by atoms with van der Waals surface area (Å²) in [5.41, 5.74) is 0.891. The van der Waals surface area contributed by atoms with Crippen molar-refractivity contribution in [2.45, 2.75) is 32.4 Å². The summed E-state index contributed by atoms with van der Waals surface area (Å²) >= 11 is 0. The monoisotopic (exact) mass is 238 g/mol. The van der Waals surface area contributed by atoms with Crippen LogP contribution in [-0.4, -0.2) is 29.2 Å². The van der Waals surface area contributed by atoms with E-state index in [1.807, 2.05) is 20.0 Å². The highest BCUT2D eigenvalue weighted by Crippen LogP contribution is 2.13. The van der Waals surface area contributed by atoms with E-state index in [2.05, 4.69) is 10.3 Å². The Morgan fingerprint density at radius 1 is 1.59 bits per heavy atom. The number of pyridine rings is 1. The standard InChI is InChI=1S/C12H18N2O3/c1-3-4-11(12(15)16)17-10-6-5-9(7-13-2)14-8-10/h5-6,8,11,13H,3-4,7H2,1-2H3,(H,15,16). The minimum absolute atomic E-state index is 0.491. The largest absolute Gasteiger partial charge is 0.479 e. The van der Waals surface area contributed by atoms with Crippen molar-refractivity contribution in [2.75, 3.05) is 7.05 Å². The SMILES string of the molecule is CCCC(Oc1ccc(CNC)nc1)C(=O)O. The van der Waals surface area contributed by atoms with Gasteiger partial charge >= 0.3 is 5.97 Å². The Morgan fingerprint density at radius 2 is 2.35 bits per heavy atom. The molecule has 0 saturated carbocycles. The first kappa shape index (κ1) is 13.4. The third-order valence-electron chi connectivity index (χ3n) is 2.26. The zero-order chi connectivity index (χ0) is 12.7. The number of aliphatic carboxylic acids is 1. The normalized spacial score (nSPS) is 12.1. The number of hydrogen-bond donors (Lipinski definition) is 2. The zero-order valence-corrected chi connectivity index (χ0v) is 10.1. The van der Waals surface area contributed by atoms with Crippen LogP contribution in [0, 0.1) is 0 Å². The van der Waals surface area contributed by atoms with Crippen LogP contribution >= 0.6 is 0 Å². The molecule has 94 valence electrons. The molecule has 2 N–H and O–H groups in total. The van der Waals surface area contributed by atoms with Gasteiger partial charge in [-0.2, -0.15) is 0 Å². The molecule has 0 saturated heterocycles. The molecule has 0 amide bonds.